The van der Waals surface area contributed by atoms with Crippen molar-refractivity contribution in [3.05, 3.63) is 34.4 Å². The molecule has 1 aromatic heterocycles. The molecule has 96 valence electrons. The van der Waals surface area contributed by atoms with Crippen LogP contribution in [-0.2, 0) is 6.42 Å². The van der Waals surface area contributed by atoms with Crippen molar-refractivity contribution in [3.63, 3.8) is 0 Å². The summed E-state index contributed by atoms with van der Waals surface area (Å²) in [4.78, 5) is 18.3. The Morgan fingerprint density at radius 3 is 2.94 bits per heavy atom. The van der Waals surface area contributed by atoms with Crippen LogP contribution in [0.4, 0.5) is 0 Å². The molecule has 1 unspecified atom stereocenters. The first-order valence-electron chi connectivity index (χ1n) is 5.88. The van der Waals surface area contributed by atoms with Crippen LogP contribution in [-0.4, -0.2) is 30.2 Å². The number of nitrogens with one attached hydrogen (secondary N) is 2. The Labute approximate surface area is 105 Å². The Kier molecular flexibility index (Phi) is 3.62. The van der Waals surface area contributed by atoms with E-state index in [2.05, 4.69) is 22.2 Å². The van der Waals surface area contributed by atoms with Crippen molar-refractivity contribution in [1.29, 1.82) is 0 Å². The molecule has 5 heteroatoms. The molecule has 0 aliphatic heterocycles. The van der Waals surface area contributed by atoms with Crippen molar-refractivity contribution in [2.24, 2.45) is 0 Å². The van der Waals surface area contributed by atoms with Gasteiger partial charge in [0.05, 0.1) is 12.6 Å². The van der Waals surface area contributed by atoms with Crippen molar-refractivity contribution < 1.29 is 4.74 Å². The molecule has 0 amide bonds. The van der Waals surface area contributed by atoms with E-state index in [1.54, 1.807) is 13.2 Å². The van der Waals surface area contributed by atoms with Crippen LogP contribution >= 0.6 is 0 Å². The molecule has 0 bridgehead atoms. The monoisotopic (exact) mass is 247 g/mol. The lowest BCUT2D eigenvalue weighted by molar-refractivity contribution is 0.415. The van der Waals surface area contributed by atoms with E-state index in [-0.39, 0.29) is 11.7 Å². The third kappa shape index (κ3) is 2.51. The molecule has 0 fully saturated rings. The summed E-state index contributed by atoms with van der Waals surface area (Å²) < 4.78 is 5.14. The third-order valence-electron chi connectivity index (χ3n) is 3.01. The lowest BCUT2D eigenvalue weighted by Crippen LogP contribution is -2.25. The van der Waals surface area contributed by atoms with Crippen LogP contribution in [0, 0.1) is 0 Å². The zero-order chi connectivity index (χ0) is 13.1. The zero-order valence-electron chi connectivity index (χ0n) is 10.8. The van der Waals surface area contributed by atoms with E-state index in [0.717, 1.165) is 17.5 Å². The third-order valence-corrected chi connectivity index (χ3v) is 3.01. The van der Waals surface area contributed by atoms with Crippen LogP contribution in [0.5, 0.6) is 5.75 Å². The second-order valence-electron chi connectivity index (χ2n) is 4.30. The van der Waals surface area contributed by atoms with Gasteiger partial charge in [-0.05, 0) is 26.1 Å². The first kappa shape index (κ1) is 12.6. The fraction of sp³-hybridized carbons (Fsp3) is 0.385. The molecule has 2 rings (SSSR count). The Balaban J connectivity index is 2.55. The van der Waals surface area contributed by atoms with E-state index < -0.39 is 0 Å². The maximum absolute atomic E-state index is 11.5. The number of hydrogen-bond donors (Lipinski definition) is 2. The van der Waals surface area contributed by atoms with Crippen LogP contribution in [0.15, 0.2) is 23.0 Å². The van der Waals surface area contributed by atoms with Gasteiger partial charge in [0.1, 0.15) is 5.75 Å². The second-order valence-corrected chi connectivity index (χ2v) is 4.30. The average molecular weight is 247 g/mol. The van der Waals surface area contributed by atoms with E-state index >= 15 is 0 Å². The molecule has 0 saturated heterocycles. The molecule has 0 spiro atoms. The molecular weight excluding hydrogens is 230 g/mol. The van der Waals surface area contributed by atoms with E-state index in [1.165, 1.54) is 0 Å². The van der Waals surface area contributed by atoms with E-state index in [9.17, 15) is 4.79 Å². The summed E-state index contributed by atoms with van der Waals surface area (Å²) in [5.74, 6) is 0.702. The predicted octanol–water partition coefficient (Wildman–Crippen LogP) is 1.08. The first-order valence-corrected chi connectivity index (χ1v) is 5.88. The fourth-order valence-corrected chi connectivity index (χ4v) is 1.89. The lowest BCUT2D eigenvalue weighted by Gasteiger charge is -2.12. The number of aromatic nitrogens is 2. The van der Waals surface area contributed by atoms with Gasteiger partial charge >= 0.3 is 5.69 Å². The van der Waals surface area contributed by atoms with E-state index in [1.807, 2.05) is 19.2 Å². The molecule has 5 nitrogen and oxygen atoms in total. The highest BCUT2D eigenvalue weighted by Gasteiger charge is 2.08. The molecule has 0 radical (unpaired) electrons. The summed E-state index contributed by atoms with van der Waals surface area (Å²) in [5.41, 5.74) is 1.24. The van der Waals surface area contributed by atoms with Crippen LogP contribution < -0.4 is 15.7 Å². The highest BCUT2D eigenvalue weighted by Crippen LogP contribution is 2.20. The van der Waals surface area contributed by atoms with Gasteiger partial charge in [0.15, 0.2) is 0 Å². The van der Waals surface area contributed by atoms with Gasteiger partial charge in [0, 0.05) is 29.6 Å². The quantitative estimate of drug-likeness (QED) is 0.848. The number of methoxy groups -OCH3 is 1. The Bertz CT molecular complexity index is 607. The number of likely N-dealkylation sites (N-methyl/N-ethyl adjacent to an activating group) is 1. The van der Waals surface area contributed by atoms with Crippen molar-refractivity contribution in [2.45, 2.75) is 19.4 Å². The minimum Gasteiger partial charge on any atom is -0.497 e. The van der Waals surface area contributed by atoms with Gasteiger partial charge < -0.3 is 15.0 Å². The summed E-state index contributed by atoms with van der Waals surface area (Å²) in [7, 11) is 3.49. The van der Waals surface area contributed by atoms with Gasteiger partial charge in [-0.3, -0.25) is 0 Å². The maximum atomic E-state index is 11.5. The minimum atomic E-state index is -0.325. The highest BCUT2D eigenvalue weighted by molar-refractivity contribution is 5.82. The number of aromatic amines is 1. The second kappa shape index (κ2) is 5.18. The summed E-state index contributed by atoms with van der Waals surface area (Å²) in [5, 5.41) is 4.11. The number of fused-ring (bicyclic) bond motifs is 1. The molecule has 2 aromatic rings. The van der Waals surface area contributed by atoms with E-state index in [4.69, 9.17) is 4.74 Å². The SMILES string of the molecule is CNC(C)Cc1[nH]c(=O)nc2cc(OC)ccc12. The van der Waals surface area contributed by atoms with E-state index in [0.29, 0.717) is 11.3 Å². The van der Waals surface area contributed by atoms with Crippen LogP contribution in [0.25, 0.3) is 10.9 Å². The number of nitrogens with zero attached hydrogens (tertiary/aromatic N) is 1. The van der Waals surface area contributed by atoms with Gasteiger partial charge in [-0.15, -0.1) is 0 Å². The van der Waals surface area contributed by atoms with Gasteiger partial charge in [-0.2, -0.15) is 4.98 Å². The highest BCUT2D eigenvalue weighted by atomic mass is 16.5. The summed E-state index contributed by atoms with van der Waals surface area (Å²) in [6.07, 6.45) is 0.747. The van der Waals surface area contributed by atoms with Gasteiger partial charge in [0.2, 0.25) is 0 Å². The number of ether oxygens (including phenoxy) is 1. The van der Waals surface area contributed by atoms with Gasteiger partial charge in [-0.25, -0.2) is 4.79 Å². The van der Waals surface area contributed by atoms with Crippen LogP contribution in [0.1, 0.15) is 12.6 Å². The zero-order valence-corrected chi connectivity index (χ0v) is 10.8. The van der Waals surface area contributed by atoms with Crippen LogP contribution in [0.3, 0.4) is 0 Å². The number of hydrogen-bond acceptors (Lipinski definition) is 4. The van der Waals surface area contributed by atoms with Crippen LogP contribution in [0.2, 0.25) is 0 Å². The number of benzene rings is 1. The summed E-state index contributed by atoms with van der Waals surface area (Å²) in [6, 6.07) is 5.86. The molecule has 1 heterocycles. The topological polar surface area (TPSA) is 67.0 Å². The Morgan fingerprint density at radius 2 is 2.28 bits per heavy atom. The maximum Gasteiger partial charge on any atom is 0.345 e. The van der Waals surface area contributed by atoms with Gasteiger partial charge in [-0.1, -0.05) is 0 Å². The molecular formula is C13H17N3O2. The standard InChI is InChI=1S/C13H17N3O2/c1-8(14-2)6-11-10-5-4-9(18-3)7-12(10)16-13(17)15-11/h4-5,7-8,14H,6H2,1-3H3,(H,15,16,17). The minimum absolute atomic E-state index is 0.286. The molecule has 0 aliphatic carbocycles. The molecule has 0 saturated carbocycles. The van der Waals surface area contributed by atoms with Gasteiger partial charge in [0.25, 0.3) is 0 Å². The van der Waals surface area contributed by atoms with Crippen molar-refractivity contribution in [1.82, 2.24) is 15.3 Å². The Hall–Kier alpha value is -1.88. The summed E-state index contributed by atoms with van der Waals surface area (Å²) >= 11 is 0. The molecule has 1 atom stereocenters. The normalized spacial score (nSPS) is 12.6. The Morgan fingerprint density at radius 1 is 1.50 bits per heavy atom. The number of rotatable bonds is 4. The average Bonchev–Trinajstić information content (AvgIpc) is 2.37. The molecule has 0 aliphatic rings. The summed E-state index contributed by atoms with van der Waals surface area (Å²) in [6.45, 7) is 2.06. The van der Waals surface area contributed by atoms with Crippen molar-refractivity contribution >= 4 is 10.9 Å². The van der Waals surface area contributed by atoms with Crippen molar-refractivity contribution in [2.75, 3.05) is 14.2 Å². The number of H-pyrrole nitrogens is 1. The molecule has 2 N–H and O–H groups in total. The smallest absolute Gasteiger partial charge is 0.345 e. The molecule has 1 aromatic carbocycles. The lowest BCUT2D eigenvalue weighted by atomic mass is 10.1. The largest absolute Gasteiger partial charge is 0.497 e. The predicted molar refractivity (Wildman–Crippen MR) is 71.1 cm³/mol. The fourth-order valence-electron chi connectivity index (χ4n) is 1.89. The van der Waals surface area contributed by atoms with Crippen molar-refractivity contribution in [3.8, 4) is 5.75 Å². The molecule has 18 heavy (non-hydrogen) atoms. The first-order chi connectivity index (χ1) is 8.63.